The van der Waals surface area contributed by atoms with Crippen LogP contribution in [-0.2, 0) is 11.2 Å². The highest BCUT2D eigenvalue weighted by atomic mass is 32.2. The largest absolute Gasteiger partial charge is 0.346 e. The van der Waals surface area contributed by atoms with E-state index in [-0.39, 0.29) is 11.2 Å². The molecule has 2 nitrogen and oxygen atoms in total. The Kier molecular flexibility index (Phi) is 3.59. The molecule has 0 saturated carbocycles. The summed E-state index contributed by atoms with van der Waals surface area (Å²) in [7, 11) is 0. The summed E-state index contributed by atoms with van der Waals surface area (Å²) in [6, 6.07) is 8.44. The number of thioether (sulfide) groups is 2. The summed E-state index contributed by atoms with van der Waals surface area (Å²) >= 11 is 3.43. The van der Waals surface area contributed by atoms with E-state index in [9.17, 15) is 4.79 Å². The Balaban J connectivity index is 2.01. The van der Waals surface area contributed by atoms with E-state index >= 15 is 0 Å². The van der Waals surface area contributed by atoms with E-state index in [0.717, 1.165) is 12.3 Å². The van der Waals surface area contributed by atoms with Crippen molar-refractivity contribution in [2.45, 2.75) is 16.6 Å². The van der Waals surface area contributed by atoms with Crippen LogP contribution in [0.15, 0.2) is 29.2 Å². The van der Waals surface area contributed by atoms with Gasteiger partial charge in [-0.2, -0.15) is 0 Å². The summed E-state index contributed by atoms with van der Waals surface area (Å²) in [6.07, 6.45) is 2.90. The predicted octanol–water partition coefficient (Wildman–Crippen LogP) is 2.14. The Bertz CT molecular complexity index is 350. The van der Waals surface area contributed by atoms with Crippen LogP contribution in [0.3, 0.4) is 0 Å². The number of carbonyl (C=O) groups excluding carboxylic acids is 1. The zero-order valence-corrected chi connectivity index (χ0v) is 10.2. The fourth-order valence-corrected chi connectivity index (χ4v) is 2.91. The molecule has 4 heteroatoms. The lowest BCUT2D eigenvalue weighted by molar-refractivity contribution is -0.119. The molecule has 1 amide bonds. The Morgan fingerprint density at radius 1 is 1.47 bits per heavy atom. The quantitative estimate of drug-likeness (QED) is 0.819. The highest BCUT2D eigenvalue weighted by Gasteiger charge is 2.24. The third kappa shape index (κ3) is 2.69. The zero-order chi connectivity index (χ0) is 10.7. The van der Waals surface area contributed by atoms with E-state index in [1.807, 2.05) is 0 Å². The fraction of sp³-hybridized carbons (Fsp3) is 0.364. The van der Waals surface area contributed by atoms with Gasteiger partial charge in [0, 0.05) is 4.90 Å². The minimum absolute atomic E-state index is 0.102. The minimum Gasteiger partial charge on any atom is -0.346 e. The van der Waals surface area contributed by atoms with Gasteiger partial charge in [-0.05, 0) is 30.4 Å². The van der Waals surface area contributed by atoms with Gasteiger partial charge in [0.2, 0.25) is 5.91 Å². The van der Waals surface area contributed by atoms with E-state index in [4.69, 9.17) is 0 Å². The Morgan fingerprint density at radius 3 is 2.73 bits per heavy atom. The molecule has 1 aliphatic heterocycles. The first kappa shape index (κ1) is 10.9. The highest BCUT2D eigenvalue weighted by Crippen LogP contribution is 2.22. The molecule has 1 atom stereocenters. The molecule has 0 radical (unpaired) electrons. The first-order chi connectivity index (χ1) is 7.29. The summed E-state index contributed by atoms with van der Waals surface area (Å²) in [5, 5.41) is 2.93. The third-order valence-corrected chi connectivity index (χ3v) is 4.24. The zero-order valence-electron chi connectivity index (χ0n) is 8.53. The van der Waals surface area contributed by atoms with Gasteiger partial charge in [-0.1, -0.05) is 12.1 Å². The van der Waals surface area contributed by atoms with Crippen LogP contribution in [0.25, 0.3) is 0 Å². The number of rotatable bonds is 3. The molecule has 80 valence electrons. The van der Waals surface area contributed by atoms with Crippen molar-refractivity contribution >= 4 is 29.4 Å². The molecule has 0 bridgehead atoms. The molecule has 0 spiro atoms. The van der Waals surface area contributed by atoms with E-state index < -0.39 is 0 Å². The van der Waals surface area contributed by atoms with Gasteiger partial charge in [-0.3, -0.25) is 4.79 Å². The monoisotopic (exact) mass is 239 g/mol. The van der Waals surface area contributed by atoms with Gasteiger partial charge in [0.1, 0.15) is 0 Å². The summed E-state index contributed by atoms with van der Waals surface area (Å²) in [5.41, 5.74) is 1.24. The summed E-state index contributed by atoms with van der Waals surface area (Å²) < 4.78 is 0. The number of nitrogens with one attached hydrogen (secondary N) is 1. The summed E-state index contributed by atoms with van der Waals surface area (Å²) in [5.74, 6) is 0.931. The van der Waals surface area contributed by atoms with E-state index in [1.54, 1.807) is 23.5 Å². The van der Waals surface area contributed by atoms with Crippen LogP contribution in [-0.4, -0.2) is 23.3 Å². The molecule has 2 rings (SSSR count). The van der Waals surface area contributed by atoms with Crippen LogP contribution in [0.4, 0.5) is 0 Å². The number of hydrogen-bond donors (Lipinski definition) is 1. The molecule has 1 N–H and O–H groups in total. The molecule has 1 aromatic carbocycles. The van der Waals surface area contributed by atoms with Crippen molar-refractivity contribution in [2.24, 2.45) is 0 Å². The highest BCUT2D eigenvalue weighted by molar-refractivity contribution is 8.01. The van der Waals surface area contributed by atoms with Crippen LogP contribution >= 0.6 is 23.5 Å². The summed E-state index contributed by atoms with van der Waals surface area (Å²) in [6.45, 7) is 0. The molecule has 0 aliphatic carbocycles. The average molecular weight is 239 g/mol. The third-order valence-electron chi connectivity index (χ3n) is 2.40. The van der Waals surface area contributed by atoms with Gasteiger partial charge in [-0.25, -0.2) is 0 Å². The molecule has 15 heavy (non-hydrogen) atoms. The van der Waals surface area contributed by atoms with Gasteiger partial charge < -0.3 is 5.32 Å². The van der Waals surface area contributed by atoms with Gasteiger partial charge in [0.15, 0.2) is 0 Å². The van der Waals surface area contributed by atoms with Crippen LogP contribution in [0.5, 0.6) is 0 Å². The predicted molar refractivity (Wildman–Crippen MR) is 66.3 cm³/mol. The standard InChI is InChI=1S/C11H13NOS2/c1-14-9-4-2-8(3-5-9)6-10-11(13)12-7-15-10/h2-5,10H,6-7H2,1H3,(H,12,13). The molecule has 1 saturated heterocycles. The van der Waals surface area contributed by atoms with Crippen LogP contribution < -0.4 is 5.32 Å². The van der Waals surface area contributed by atoms with Crippen LogP contribution in [0, 0.1) is 0 Å². The van der Waals surface area contributed by atoms with Crippen LogP contribution in [0.1, 0.15) is 5.56 Å². The number of carbonyl (C=O) groups is 1. The molecular weight excluding hydrogens is 226 g/mol. The maximum absolute atomic E-state index is 11.4. The van der Waals surface area contributed by atoms with Gasteiger partial charge in [0.25, 0.3) is 0 Å². The number of amides is 1. The molecule has 1 aliphatic rings. The van der Waals surface area contributed by atoms with Gasteiger partial charge in [0.05, 0.1) is 11.1 Å². The minimum atomic E-state index is 0.102. The van der Waals surface area contributed by atoms with Crippen molar-refractivity contribution in [1.29, 1.82) is 0 Å². The smallest absolute Gasteiger partial charge is 0.234 e. The van der Waals surface area contributed by atoms with Gasteiger partial charge in [-0.15, -0.1) is 23.5 Å². The second-order valence-electron chi connectivity index (χ2n) is 3.39. The summed E-state index contributed by atoms with van der Waals surface area (Å²) in [4.78, 5) is 12.6. The van der Waals surface area contributed by atoms with Crippen molar-refractivity contribution in [2.75, 3.05) is 12.1 Å². The van der Waals surface area contributed by atoms with E-state index in [1.165, 1.54) is 10.5 Å². The van der Waals surface area contributed by atoms with E-state index in [2.05, 4.69) is 35.8 Å². The lowest BCUT2D eigenvalue weighted by Crippen LogP contribution is -2.23. The van der Waals surface area contributed by atoms with Crippen molar-refractivity contribution in [3.05, 3.63) is 29.8 Å². The second kappa shape index (κ2) is 4.94. The second-order valence-corrected chi connectivity index (χ2v) is 5.46. The topological polar surface area (TPSA) is 29.1 Å². The fourth-order valence-electron chi connectivity index (χ4n) is 1.53. The SMILES string of the molecule is CSc1ccc(CC2SCNC2=O)cc1. The van der Waals surface area contributed by atoms with Crippen molar-refractivity contribution in [1.82, 2.24) is 5.32 Å². The first-order valence-corrected chi connectivity index (χ1v) is 7.09. The average Bonchev–Trinajstić information content (AvgIpc) is 2.66. The Morgan fingerprint density at radius 2 is 2.20 bits per heavy atom. The van der Waals surface area contributed by atoms with Gasteiger partial charge >= 0.3 is 0 Å². The number of benzene rings is 1. The molecule has 1 aromatic rings. The molecule has 1 unspecified atom stereocenters. The Labute approximate surface area is 98.2 Å². The van der Waals surface area contributed by atoms with Crippen molar-refractivity contribution in [3.63, 3.8) is 0 Å². The Hall–Kier alpha value is -0.610. The molecule has 0 aromatic heterocycles. The maximum atomic E-state index is 11.4. The molecule has 1 heterocycles. The van der Waals surface area contributed by atoms with Crippen molar-refractivity contribution in [3.8, 4) is 0 Å². The molecule has 1 fully saturated rings. The van der Waals surface area contributed by atoms with E-state index in [0.29, 0.717) is 0 Å². The lowest BCUT2D eigenvalue weighted by Gasteiger charge is -2.06. The normalized spacial score (nSPS) is 20.3. The van der Waals surface area contributed by atoms with Crippen molar-refractivity contribution < 1.29 is 4.79 Å². The number of hydrogen-bond acceptors (Lipinski definition) is 3. The maximum Gasteiger partial charge on any atom is 0.234 e. The van der Waals surface area contributed by atoms with Crippen LogP contribution in [0.2, 0.25) is 0 Å². The lowest BCUT2D eigenvalue weighted by atomic mass is 10.1. The first-order valence-electron chi connectivity index (χ1n) is 4.82. The molecular formula is C11H13NOS2.